The van der Waals surface area contributed by atoms with Gasteiger partial charge in [-0.05, 0) is 18.6 Å². The van der Waals surface area contributed by atoms with Crippen LogP contribution in [-0.2, 0) is 4.79 Å². The van der Waals surface area contributed by atoms with Crippen LogP contribution >= 0.6 is 11.6 Å². The van der Waals surface area contributed by atoms with Gasteiger partial charge in [0.2, 0.25) is 5.91 Å². The van der Waals surface area contributed by atoms with E-state index in [1.54, 1.807) is 30.2 Å². The van der Waals surface area contributed by atoms with Gasteiger partial charge >= 0.3 is 6.03 Å². The number of likely N-dealkylation sites (N-methyl/N-ethyl adjacent to an activating group) is 1. The molecule has 0 spiro atoms. The third-order valence-corrected chi connectivity index (χ3v) is 3.83. The number of para-hydroxylation sites is 1. The molecule has 3 amide bonds. The fourth-order valence-corrected chi connectivity index (χ4v) is 2.60. The van der Waals surface area contributed by atoms with Crippen LogP contribution in [0.4, 0.5) is 10.5 Å². The van der Waals surface area contributed by atoms with Crippen molar-refractivity contribution in [3.63, 3.8) is 0 Å². The number of urea groups is 1. The van der Waals surface area contributed by atoms with Crippen LogP contribution in [0.5, 0.6) is 0 Å². The molecule has 1 unspecified atom stereocenters. The summed E-state index contributed by atoms with van der Waals surface area (Å²) in [6.45, 7) is 4.46. The largest absolute Gasteiger partial charge is 0.335 e. The van der Waals surface area contributed by atoms with Crippen molar-refractivity contribution in [1.29, 1.82) is 0 Å². The van der Waals surface area contributed by atoms with Crippen LogP contribution in [0.3, 0.4) is 0 Å². The molecule has 1 aliphatic heterocycles. The molecule has 0 saturated carbocycles. The lowest BCUT2D eigenvalue weighted by molar-refractivity contribution is -0.120. The molecule has 1 aromatic carbocycles. The lowest BCUT2D eigenvalue weighted by Crippen LogP contribution is -2.47. The van der Waals surface area contributed by atoms with Gasteiger partial charge in [-0.25, -0.2) is 4.79 Å². The number of nitrogens with zero attached hydrogens (tertiary/aromatic N) is 2. The molecule has 1 aromatic rings. The van der Waals surface area contributed by atoms with Gasteiger partial charge < -0.3 is 15.1 Å². The van der Waals surface area contributed by atoms with Gasteiger partial charge in [0.1, 0.15) is 6.04 Å². The fraction of sp³-hybridized carbons (Fsp3) is 0.333. The van der Waals surface area contributed by atoms with E-state index in [2.05, 4.69) is 11.9 Å². The Balaban J connectivity index is 2.09. The number of halogens is 1. The summed E-state index contributed by atoms with van der Waals surface area (Å²) in [7, 11) is 1.62. The summed E-state index contributed by atoms with van der Waals surface area (Å²) in [5.41, 5.74) is 0.687. The zero-order valence-electron chi connectivity index (χ0n) is 11.9. The Morgan fingerprint density at radius 3 is 2.95 bits per heavy atom. The third kappa shape index (κ3) is 3.19. The fourth-order valence-electron chi connectivity index (χ4n) is 2.36. The number of carbonyl (C=O) groups is 2. The highest BCUT2D eigenvalue weighted by Crippen LogP contribution is 2.30. The summed E-state index contributed by atoms with van der Waals surface area (Å²) in [6, 6.07) is 6.46. The van der Waals surface area contributed by atoms with Crippen molar-refractivity contribution in [1.82, 2.24) is 10.2 Å². The lowest BCUT2D eigenvalue weighted by Gasteiger charge is -2.24. The highest BCUT2D eigenvalue weighted by molar-refractivity contribution is 6.34. The number of hydrogen-bond acceptors (Lipinski definition) is 2. The van der Waals surface area contributed by atoms with Crippen molar-refractivity contribution in [2.75, 3.05) is 25.0 Å². The monoisotopic (exact) mass is 307 g/mol. The highest BCUT2D eigenvalue weighted by Gasteiger charge is 2.37. The Bertz CT molecular complexity index is 562. The van der Waals surface area contributed by atoms with E-state index in [0.29, 0.717) is 30.2 Å². The molecule has 1 N–H and O–H groups in total. The number of anilines is 1. The van der Waals surface area contributed by atoms with Gasteiger partial charge in [0.25, 0.3) is 0 Å². The highest BCUT2D eigenvalue weighted by atomic mass is 35.5. The van der Waals surface area contributed by atoms with Crippen molar-refractivity contribution in [3.8, 4) is 0 Å². The van der Waals surface area contributed by atoms with E-state index in [4.69, 9.17) is 11.6 Å². The molecule has 0 radical (unpaired) electrons. The number of carbonyl (C=O) groups excluding carboxylic acids is 2. The topological polar surface area (TPSA) is 52.7 Å². The first-order valence-corrected chi connectivity index (χ1v) is 7.11. The van der Waals surface area contributed by atoms with E-state index in [0.717, 1.165) is 0 Å². The molecule has 1 fully saturated rings. The van der Waals surface area contributed by atoms with Crippen LogP contribution in [0.1, 0.15) is 6.42 Å². The first-order valence-electron chi connectivity index (χ1n) is 6.73. The number of benzene rings is 1. The van der Waals surface area contributed by atoms with Gasteiger partial charge in [-0.1, -0.05) is 29.8 Å². The Morgan fingerprint density at radius 2 is 2.29 bits per heavy atom. The summed E-state index contributed by atoms with van der Waals surface area (Å²) in [5, 5.41) is 3.20. The van der Waals surface area contributed by atoms with Crippen molar-refractivity contribution in [3.05, 3.63) is 41.9 Å². The standard InChI is InChI=1S/C15H18ClN3O2/c1-3-9-17-15(21)18(2)13-8-10-19(14(13)20)12-7-5-4-6-11(12)16/h3-7,13H,1,8-10H2,2H3,(H,17,21). The Labute approximate surface area is 129 Å². The second-order valence-corrected chi connectivity index (χ2v) is 5.24. The molecular weight excluding hydrogens is 290 g/mol. The summed E-state index contributed by atoms with van der Waals surface area (Å²) >= 11 is 6.13. The van der Waals surface area contributed by atoms with Gasteiger partial charge in [0, 0.05) is 20.1 Å². The molecule has 21 heavy (non-hydrogen) atoms. The van der Waals surface area contributed by atoms with E-state index in [9.17, 15) is 9.59 Å². The predicted octanol–water partition coefficient (Wildman–Crippen LogP) is 2.27. The number of hydrogen-bond donors (Lipinski definition) is 1. The Hall–Kier alpha value is -2.01. The van der Waals surface area contributed by atoms with E-state index >= 15 is 0 Å². The van der Waals surface area contributed by atoms with E-state index in [1.165, 1.54) is 4.90 Å². The normalized spacial score (nSPS) is 17.7. The molecule has 0 aliphatic carbocycles. The van der Waals surface area contributed by atoms with Crippen LogP contribution in [0.15, 0.2) is 36.9 Å². The van der Waals surface area contributed by atoms with Gasteiger partial charge in [-0.2, -0.15) is 0 Å². The second kappa shape index (κ2) is 6.63. The summed E-state index contributed by atoms with van der Waals surface area (Å²) < 4.78 is 0. The van der Waals surface area contributed by atoms with Crippen LogP contribution in [0.25, 0.3) is 0 Å². The summed E-state index contributed by atoms with van der Waals surface area (Å²) in [5.74, 6) is -0.112. The SMILES string of the molecule is C=CCNC(=O)N(C)C1CCN(c2ccccc2Cl)C1=O. The van der Waals surface area contributed by atoms with Gasteiger partial charge in [-0.3, -0.25) is 4.79 Å². The smallest absolute Gasteiger partial charge is 0.318 e. The van der Waals surface area contributed by atoms with Crippen LogP contribution in [0.2, 0.25) is 5.02 Å². The average molecular weight is 308 g/mol. The molecule has 1 saturated heterocycles. The zero-order valence-corrected chi connectivity index (χ0v) is 12.6. The number of rotatable bonds is 4. The van der Waals surface area contributed by atoms with Crippen molar-refractivity contribution < 1.29 is 9.59 Å². The second-order valence-electron chi connectivity index (χ2n) is 4.83. The minimum Gasteiger partial charge on any atom is -0.335 e. The molecule has 2 rings (SSSR count). The Morgan fingerprint density at radius 1 is 1.57 bits per heavy atom. The third-order valence-electron chi connectivity index (χ3n) is 3.51. The molecule has 0 bridgehead atoms. The van der Waals surface area contributed by atoms with Gasteiger partial charge in [-0.15, -0.1) is 6.58 Å². The average Bonchev–Trinajstić information content (AvgIpc) is 2.86. The molecule has 6 heteroatoms. The lowest BCUT2D eigenvalue weighted by atomic mass is 10.2. The zero-order chi connectivity index (χ0) is 15.4. The minimum atomic E-state index is -0.467. The quantitative estimate of drug-likeness (QED) is 0.868. The van der Waals surface area contributed by atoms with E-state index in [1.807, 2.05) is 12.1 Å². The molecular formula is C15H18ClN3O2. The number of amides is 3. The van der Waals surface area contributed by atoms with Crippen molar-refractivity contribution in [2.45, 2.75) is 12.5 Å². The maximum atomic E-state index is 12.5. The first kappa shape index (κ1) is 15.4. The molecule has 5 nitrogen and oxygen atoms in total. The van der Waals surface area contributed by atoms with Gasteiger partial charge in [0.15, 0.2) is 0 Å². The molecule has 1 aliphatic rings. The van der Waals surface area contributed by atoms with Crippen LogP contribution in [-0.4, -0.2) is 43.0 Å². The van der Waals surface area contributed by atoms with Crippen LogP contribution < -0.4 is 10.2 Å². The molecule has 112 valence electrons. The first-order chi connectivity index (χ1) is 10.1. The molecule has 1 atom stereocenters. The number of nitrogens with one attached hydrogen (secondary N) is 1. The van der Waals surface area contributed by atoms with E-state index < -0.39 is 6.04 Å². The maximum absolute atomic E-state index is 12.5. The van der Waals surface area contributed by atoms with E-state index in [-0.39, 0.29) is 11.9 Å². The predicted molar refractivity (Wildman–Crippen MR) is 83.6 cm³/mol. The van der Waals surface area contributed by atoms with Gasteiger partial charge in [0.05, 0.1) is 10.7 Å². The summed E-state index contributed by atoms with van der Waals surface area (Å²) in [6.07, 6.45) is 2.18. The molecule has 1 heterocycles. The molecule has 0 aromatic heterocycles. The van der Waals surface area contributed by atoms with Crippen molar-refractivity contribution >= 4 is 29.2 Å². The van der Waals surface area contributed by atoms with Crippen LogP contribution in [0, 0.1) is 0 Å². The summed E-state index contributed by atoms with van der Waals surface area (Å²) in [4.78, 5) is 27.5. The maximum Gasteiger partial charge on any atom is 0.318 e. The minimum absolute atomic E-state index is 0.112. The Kier molecular flexibility index (Phi) is 4.85. The van der Waals surface area contributed by atoms with Crippen molar-refractivity contribution in [2.24, 2.45) is 0 Å².